The van der Waals surface area contributed by atoms with Crippen LogP contribution in [0.4, 0.5) is 5.69 Å². The SMILES string of the molecule is COc1ccc(CC2CCN(c3cc([O])c4ncsc4c3)CC2)cc1OC. The van der Waals surface area contributed by atoms with Gasteiger partial charge in [-0.2, -0.15) is 0 Å². The van der Waals surface area contributed by atoms with Crippen LogP contribution in [0.1, 0.15) is 18.4 Å². The molecule has 1 aromatic heterocycles. The first kappa shape index (κ1) is 17.9. The Hall–Kier alpha value is -2.47. The van der Waals surface area contributed by atoms with Crippen LogP contribution in [0.15, 0.2) is 35.8 Å². The normalized spacial score (nSPS) is 15.3. The average molecular weight is 383 g/mol. The zero-order valence-electron chi connectivity index (χ0n) is 15.6. The second-order valence-electron chi connectivity index (χ2n) is 6.97. The van der Waals surface area contributed by atoms with Gasteiger partial charge in [-0.3, -0.25) is 5.11 Å². The van der Waals surface area contributed by atoms with E-state index in [9.17, 15) is 5.11 Å². The summed E-state index contributed by atoms with van der Waals surface area (Å²) >= 11 is 1.53. The molecule has 0 unspecified atom stereocenters. The predicted molar refractivity (Wildman–Crippen MR) is 108 cm³/mol. The minimum absolute atomic E-state index is 0.0243. The van der Waals surface area contributed by atoms with E-state index in [1.807, 2.05) is 6.07 Å². The summed E-state index contributed by atoms with van der Waals surface area (Å²) in [7, 11) is 3.33. The number of fused-ring (bicyclic) bond motifs is 1. The van der Waals surface area contributed by atoms with Gasteiger partial charge < -0.3 is 14.4 Å². The molecule has 1 aliphatic rings. The molecule has 1 saturated heterocycles. The summed E-state index contributed by atoms with van der Waals surface area (Å²) in [5.74, 6) is 2.21. The Morgan fingerprint density at radius 2 is 1.89 bits per heavy atom. The number of aromatic nitrogens is 1. The van der Waals surface area contributed by atoms with Gasteiger partial charge in [0, 0.05) is 24.8 Å². The lowest BCUT2D eigenvalue weighted by atomic mass is 9.90. The number of methoxy groups -OCH3 is 2. The highest BCUT2D eigenvalue weighted by Gasteiger charge is 2.21. The molecule has 0 aliphatic carbocycles. The fraction of sp³-hybridized carbons (Fsp3) is 0.381. The van der Waals surface area contributed by atoms with E-state index in [2.05, 4.69) is 28.1 Å². The van der Waals surface area contributed by atoms with Crippen LogP contribution in [0.3, 0.4) is 0 Å². The molecule has 141 valence electrons. The summed E-state index contributed by atoms with van der Waals surface area (Å²) in [4.78, 5) is 6.48. The van der Waals surface area contributed by atoms with Gasteiger partial charge in [0.05, 0.1) is 24.4 Å². The second-order valence-corrected chi connectivity index (χ2v) is 7.85. The number of rotatable bonds is 5. The molecule has 6 heteroatoms. The third-order valence-electron chi connectivity index (χ3n) is 5.34. The Balaban J connectivity index is 1.41. The van der Waals surface area contributed by atoms with Crippen molar-refractivity contribution >= 4 is 27.2 Å². The molecular formula is C21H23N2O3S. The number of ether oxygens (including phenoxy) is 2. The summed E-state index contributed by atoms with van der Waals surface area (Å²) in [6, 6.07) is 10.0. The van der Waals surface area contributed by atoms with Gasteiger partial charge in [-0.1, -0.05) is 6.07 Å². The van der Waals surface area contributed by atoms with Gasteiger partial charge in [-0.05, 0) is 48.9 Å². The van der Waals surface area contributed by atoms with Crippen LogP contribution in [-0.2, 0) is 11.5 Å². The first-order chi connectivity index (χ1) is 13.2. The number of piperidine rings is 1. The minimum atomic E-state index is 0.0243. The number of anilines is 1. The van der Waals surface area contributed by atoms with E-state index in [4.69, 9.17) is 9.47 Å². The quantitative estimate of drug-likeness (QED) is 0.628. The van der Waals surface area contributed by atoms with Crippen molar-refractivity contribution in [3.8, 4) is 17.2 Å². The van der Waals surface area contributed by atoms with Gasteiger partial charge in [-0.15, -0.1) is 11.3 Å². The molecule has 0 saturated carbocycles. The summed E-state index contributed by atoms with van der Waals surface area (Å²) in [6.07, 6.45) is 3.27. The maximum atomic E-state index is 12.2. The summed E-state index contributed by atoms with van der Waals surface area (Å²) in [5, 5.41) is 12.2. The first-order valence-electron chi connectivity index (χ1n) is 9.18. The van der Waals surface area contributed by atoms with Crippen LogP contribution in [0.5, 0.6) is 17.2 Å². The molecule has 1 aliphatic heterocycles. The van der Waals surface area contributed by atoms with E-state index in [0.717, 1.165) is 54.2 Å². The Morgan fingerprint density at radius 3 is 2.63 bits per heavy atom. The van der Waals surface area contributed by atoms with Gasteiger partial charge in [-0.25, -0.2) is 4.98 Å². The number of nitrogens with zero attached hydrogens (tertiary/aromatic N) is 2. The number of thiazole rings is 1. The number of hydrogen-bond acceptors (Lipinski definition) is 5. The Kier molecular flexibility index (Phi) is 5.07. The van der Waals surface area contributed by atoms with Crippen LogP contribution in [0.25, 0.3) is 10.2 Å². The molecule has 0 spiro atoms. The van der Waals surface area contributed by atoms with E-state index in [1.54, 1.807) is 25.8 Å². The van der Waals surface area contributed by atoms with E-state index in [0.29, 0.717) is 11.4 Å². The van der Waals surface area contributed by atoms with E-state index in [1.165, 1.54) is 16.9 Å². The van der Waals surface area contributed by atoms with Crippen molar-refractivity contribution in [1.82, 2.24) is 4.98 Å². The maximum Gasteiger partial charge on any atom is 0.207 e. The smallest absolute Gasteiger partial charge is 0.207 e. The fourth-order valence-corrected chi connectivity index (χ4v) is 4.57. The molecule has 1 fully saturated rings. The Morgan fingerprint density at radius 1 is 1.11 bits per heavy atom. The fourth-order valence-electron chi connectivity index (χ4n) is 3.84. The van der Waals surface area contributed by atoms with Crippen molar-refractivity contribution in [1.29, 1.82) is 0 Å². The largest absolute Gasteiger partial charge is 0.493 e. The number of hydrogen-bond donors (Lipinski definition) is 0. The van der Waals surface area contributed by atoms with Crippen LogP contribution in [0, 0.1) is 5.92 Å². The lowest BCUT2D eigenvalue weighted by molar-refractivity contribution is 0.353. The molecule has 0 atom stereocenters. The molecule has 0 amide bonds. The molecule has 3 aromatic rings. The molecular weight excluding hydrogens is 360 g/mol. The number of benzene rings is 2. The summed E-state index contributed by atoms with van der Waals surface area (Å²) < 4.78 is 11.7. The zero-order chi connectivity index (χ0) is 18.8. The van der Waals surface area contributed by atoms with Gasteiger partial charge in [0.25, 0.3) is 0 Å². The molecule has 0 bridgehead atoms. The third kappa shape index (κ3) is 3.67. The maximum absolute atomic E-state index is 12.2. The molecule has 4 rings (SSSR count). The second kappa shape index (κ2) is 7.64. The third-order valence-corrected chi connectivity index (χ3v) is 6.11. The van der Waals surface area contributed by atoms with Crippen molar-refractivity contribution in [2.45, 2.75) is 19.3 Å². The lowest BCUT2D eigenvalue weighted by Gasteiger charge is -2.33. The lowest BCUT2D eigenvalue weighted by Crippen LogP contribution is -2.34. The molecule has 27 heavy (non-hydrogen) atoms. The van der Waals surface area contributed by atoms with Gasteiger partial charge in [0.1, 0.15) is 5.52 Å². The molecule has 1 radical (unpaired) electrons. The highest BCUT2D eigenvalue weighted by molar-refractivity contribution is 7.16. The van der Waals surface area contributed by atoms with Gasteiger partial charge in [0.15, 0.2) is 11.5 Å². The monoisotopic (exact) mass is 383 g/mol. The van der Waals surface area contributed by atoms with Gasteiger partial charge in [0.2, 0.25) is 5.75 Å². The van der Waals surface area contributed by atoms with Crippen molar-refractivity contribution in [3.63, 3.8) is 0 Å². The van der Waals surface area contributed by atoms with Crippen molar-refractivity contribution in [3.05, 3.63) is 41.4 Å². The molecule has 5 nitrogen and oxygen atoms in total. The topological polar surface area (TPSA) is 54.5 Å². The summed E-state index contributed by atoms with van der Waals surface area (Å²) in [5.41, 5.74) is 4.64. The molecule has 0 N–H and O–H groups in total. The zero-order valence-corrected chi connectivity index (χ0v) is 16.4. The van der Waals surface area contributed by atoms with Crippen LogP contribution in [-0.4, -0.2) is 32.3 Å². The predicted octanol–water partition coefficient (Wildman–Crippen LogP) is 4.92. The van der Waals surface area contributed by atoms with Crippen molar-refractivity contribution in [2.24, 2.45) is 5.92 Å². The Bertz CT molecular complexity index is 932. The van der Waals surface area contributed by atoms with Crippen molar-refractivity contribution in [2.75, 3.05) is 32.2 Å². The average Bonchev–Trinajstić information content (AvgIpc) is 3.18. The van der Waals surface area contributed by atoms with Gasteiger partial charge >= 0.3 is 0 Å². The van der Waals surface area contributed by atoms with Crippen LogP contribution in [0.2, 0.25) is 0 Å². The van der Waals surface area contributed by atoms with Crippen molar-refractivity contribution < 1.29 is 14.6 Å². The molecule has 2 aromatic carbocycles. The van der Waals surface area contributed by atoms with E-state index < -0.39 is 0 Å². The van der Waals surface area contributed by atoms with E-state index >= 15 is 0 Å². The molecule has 2 heterocycles. The standard InChI is InChI=1S/C21H23N2O3S/c1-25-18-4-3-15(10-19(18)26-2)9-14-5-7-23(8-6-14)16-11-17(24)21-20(12-16)27-13-22-21/h3-4,10-14H,5-9H2,1-2H3. The first-order valence-corrected chi connectivity index (χ1v) is 10.1. The minimum Gasteiger partial charge on any atom is -0.493 e. The summed E-state index contributed by atoms with van der Waals surface area (Å²) in [6.45, 7) is 1.95. The Labute approximate surface area is 163 Å². The highest BCUT2D eigenvalue weighted by Crippen LogP contribution is 2.35. The van der Waals surface area contributed by atoms with E-state index in [-0.39, 0.29) is 5.75 Å². The van der Waals surface area contributed by atoms with Crippen LogP contribution < -0.4 is 14.4 Å². The van der Waals surface area contributed by atoms with Crippen LogP contribution >= 0.6 is 11.3 Å². The highest BCUT2D eigenvalue weighted by atomic mass is 32.1.